The zero-order valence-corrected chi connectivity index (χ0v) is 16.4. The van der Waals surface area contributed by atoms with Crippen molar-refractivity contribution >= 4 is 5.65 Å². The molecule has 8 nitrogen and oxygen atoms in total. The summed E-state index contributed by atoms with van der Waals surface area (Å²) < 4.78 is 5.76. The first-order chi connectivity index (χ1) is 14.1. The highest BCUT2D eigenvalue weighted by Crippen LogP contribution is 2.28. The first-order valence-corrected chi connectivity index (χ1v) is 9.42. The Morgan fingerprint density at radius 1 is 1.03 bits per heavy atom. The predicted octanol–water partition coefficient (Wildman–Crippen LogP) is 3.40. The van der Waals surface area contributed by atoms with E-state index in [9.17, 15) is 0 Å². The van der Waals surface area contributed by atoms with Crippen molar-refractivity contribution in [1.29, 1.82) is 0 Å². The number of aromatic nitrogens is 8. The Kier molecular flexibility index (Phi) is 3.97. The van der Waals surface area contributed by atoms with Crippen LogP contribution in [0.1, 0.15) is 29.9 Å². The lowest BCUT2D eigenvalue weighted by Gasteiger charge is -2.17. The first kappa shape index (κ1) is 17.3. The van der Waals surface area contributed by atoms with E-state index < -0.39 is 0 Å². The van der Waals surface area contributed by atoms with Crippen LogP contribution in [0.3, 0.4) is 0 Å². The normalized spacial score (nSPS) is 12.5. The number of rotatable bonds is 4. The van der Waals surface area contributed by atoms with Crippen molar-refractivity contribution in [2.24, 2.45) is 0 Å². The van der Waals surface area contributed by atoms with Crippen LogP contribution in [0, 0.1) is 13.8 Å². The van der Waals surface area contributed by atoms with Crippen LogP contribution in [0.4, 0.5) is 0 Å². The second kappa shape index (κ2) is 6.66. The van der Waals surface area contributed by atoms with Gasteiger partial charge in [0.15, 0.2) is 5.65 Å². The fraction of sp³-hybridized carbons (Fsp3) is 0.190. The molecule has 0 N–H and O–H groups in total. The molecule has 8 heteroatoms. The molecule has 29 heavy (non-hydrogen) atoms. The zero-order valence-electron chi connectivity index (χ0n) is 16.4. The van der Waals surface area contributed by atoms with E-state index in [0.29, 0.717) is 0 Å². The smallest absolute Gasteiger partial charge is 0.166 e. The summed E-state index contributed by atoms with van der Waals surface area (Å²) in [5.74, 6) is 0.852. The molecule has 0 aliphatic heterocycles. The second-order valence-corrected chi connectivity index (χ2v) is 7.10. The molecule has 0 spiro atoms. The van der Waals surface area contributed by atoms with Gasteiger partial charge in [0.1, 0.15) is 18.5 Å². The quantitative estimate of drug-likeness (QED) is 0.474. The summed E-state index contributed by atoms with van der Waals surface area (Å²) in [5, 5.41) is 8.69. The van der Waals surface area contributed by atoms with Gasteiger partial charge in [0.2, 0.25) is 0 Å². The van der Waals surface area contributed by atoms with Crippen LogP contribution in [-0.2, 0) is 0 Å². The Morgan fingerprint density at radius 3 is 2.62 bits per heavy atom. The van der Waals surface area contributed by atoms with Crippen LogP contribution in [0.5, 0.6) is 0 Å². The van der Waals surface area contributed by atoms with E-state index in [2.05, 4.69) is 43.8 Å². The highest BCUT2D eigenvalue weighted by molar-refractivity contribution is 5.73. The molecule has 4 aromatic heterocycles. The van der Waals surface area contributed by atoms with E-state index in [-0.39, 0.29) is 6.04 Å². The molecule has 0 aliphatic carbocycles. The fourth-order valence-corrected chi connectivity index (χ4v) is 3.67. The van der Waals surface area contributed by atoms with Crippen molar-refractivity contribution < 1.29 is 0 Å². The molecule has 4 heterocycles. The van der Waals surface area contributed by atoms with Gasteiger partial charge in [0.25, 0.3) is 0 Å². The third kappa shape index (κ3) is 2.89. The minimum absolute atomic E-state index is 0.0955. The van der Waals surface area contributed by atoms with E-state index in [0.717, 1.165) is 34.1 Å². The molecule has 0 saturated heterocycles. The number of aryl methyl sites for hydroxylation is 2. The maximum atomic E-state index is 4.70. The number of nitrogens with zero attached hydrogens (tertiary/aromatic N) is 8. The van der Waals surface area contributed by atoms with Gasteiger partial charge in [-0.1, -0.05) is 12.1 Å². The number of hydrogen-bond acceptors (Lipinski definition) is 5. The number of benzene rings is 1. The number of imidazole rings is 1. The van der Waals surface area contributed by atoms with E-state index in [1.54, 1.807) is 11.0 Å². The summed E-state index contributed by atoms with van der Waals surface area (Å²) in [6, 6.07) is 10.4. The molecular formula is C21H20N8. The molecule has 144 valence electrons. The maximum absolute atomic E-state index is 4.70. The highest BCUT2D eigenvalue weighted by Gasteiger charge is 2.18. The summed E-state index contributed by atoms with van der Waals surface area (Å²) in [6.45, 7) is 6.19. The third-order valence-electron chi connectivity index (χ3n) is 5.16. The largest absolute Gasteiger partial charge is 0.324 e. The van der Waals surface area contributed by atoms with Gasteiger partial charge in [0, 0.05) is 23.8 Å². The van der Waals surface area contributed by atoms with Gasteiger partial charge in [-0.3, -0.25) is 0 Å². The molecule has 0 radical (unpaired) electrons. The lowest BCUT2D eigenvalue weighted by Crippen LogP contribution is -2.08. The van der Waals surface area contributed by atoms with Crippen LogP contribution in [0.2, 0.25) is 0 Å². The van der Waals surface area contributed by atoms with Gasteiger partial charge in [-0.2, -0.15) is 10.2 Å². The standard InChI is InChI=1S/C21H20N8/c1-14-10-15(2)29-21(26-14)19(11-24-29)20-23-8-9-27(20)16(3)17-4-6-18(7-5-17)28-13-22-12-25-28/h4-13,16H,1-3H3. The lowest BCUT2D eigenvalue weighted by atomic mass is 10.1. The predicted molar refractivity (Wildman–Crippen MR) is 109 cm³/mol. The molecule has 0 bridgehead atoms. The monoisotopic (exact) mass is 384 g/mol. The summed E-state index contributed by atoms with van der Waals surface area (Å²) in [4.78, 5) is 13.3. The minimum Gasteiger partial charge on any atom is -0.324 e. The number of fused-ring (bicyclic) bond motifs is 1. The van der Waals surface area contributed by atoms with Crippen LogP contribution in [0.25, 0.3) is 22.7 Å². The van der Waals surface area contributed by atoms with Gasteiger partial charge in [0.05, 0.1) is 23.5 Å². The summed E-state index contributed by atoms with van der Waals surface area (Å²) in [6.07, 6.45) is 8.88. The Bertz CT molecular complexity index is 1280. The van der Waals surface area contributed by atoms with Crippen molar-refractivity contribution in [3.8, 4) is 17.1 Å². The Labute approximate surface area is 167 Å². The molecular weight excluding hydrogens is 364 g/mol. The molecule has 0 aliphatic rings. The van der Waals surface area contributed by atoms with Crippen LogP contribution in [-0.4, -0.2) is 38.9 Å². The summed E-state index contributed by atoms with van der Waals surface area (Å²) >= 11 is 0. The van der Waals surface area contributed by atoms with Crippen molar-refractivity contribution in [3.05, 3.63) is 78.5 Å². The molecule has 0 saturated carbocycles. The maximum Gasteiger partial charge on any atom is 0.166 e. The average Bonchev–Trinajstić information content (AvgIpc) is 3.47. The first-order valence-electron chi connectivity index (χ1n) is 9.42. The minimum atomic E-state index is 0.0955. The van der Waals surface area contributed by atoms with E-state index in [1.807, 2.05) is 55.2 Å². The molecule has 5 aromatic rings. The molecule has 1 unspecified atom stereocenters. The summed E-state index contributed by atoms with van der Waals surface area (Å²) in [7, 11) is 0. The molecule has 1 atom stereocenters. The SMILES string of the molecule is Cc1cc(C)n2ncc(-c3nccn3C(C)c3ccc(-n4cncn4)cc3)c2n1. The average molecular weight is 384 g/mol. The number of hydrogen-bond donors (Lipinski definition) is 0. The van der Waals surface area contributed by atoms with Crippen molar-refractivity contribution in [3.63, 3.8) is 0 Å². The van der Waals surface area contributed by atoms with Crippen LogP contribution >= 0.6 is 0 Å². The molecule has 5 rings (SSSR count). The van der Waals surface area contributed by atoms with Gasteiger partial charge in [-0.15, -0.1) is 0 Å². The Balaban J connectivity index is 1.54. The Morgan fingerprint density at radius 2 is 1.86 bits per heavy atom. The topological polar surface area (TPSA) is 78.7 Å². The Hall–Kier alpha value is -3.81. The fourth-order valence-electron chi connectivity index (χ4n) is 3.67. The van der Waals surface area contributed by atoms with E-state index >= 15 is 0 Å². The zero-order chi connectivity index (χ0) is 20.0. The van der Waals surface area contributed by atoms with Gasteiger partial charge in [-0.05, 0) is 44.5 Å². The van der Waals surface area contributed by atoms with Crippen LogP contribution in [0.15, 0.2) is 61.6 Å². The van der Waals surface area contributed by atoms with E-state index in [1.165, 1.54) is 11.9 Å². The molecule has 0 amide bonds. The van der Waals surface area contributed by atoms with Crippen LogP contribution < -0.4 is 0 Å². The molecule has 1 aromatic carbocycles. The lowest BCUT2D eigenvalue weighted by molar-refractivity contribution is 0.645. The summed E-state index contributed by atoms with van der Waals surface area (Å²) in [5.41, 5.74) is 5.91. The van der Waals surface area contributed by atoms with Crippen molar-refractivity contribution in [2.45, 2.75) is 26.8 Å². The third-order valence-corrected chi connectivity index (χ3v) is 5.16. The van der Waals surface area contributed by atoms with Gasteiger partial charge >= 0.3 is 0 Å². The van der Waals surface area contributed by atoms with Gasteiger partial charge in [-0.25, -0.2) is 24.1 Å². The highest BCUT2D eigenvalue weighted by atomic mass is 15.3. The molecule has 0 fully saturated rings. The second-order valence-electron chi connectivity index (χ2n) is 7.10. The van der Waals surface area contributed by atoms with Gasteiger partial charge < -0.3 is 4.57 Å². The van der Waals surface area contributed by atoms with Crippen molar-refractivity contribution in [2.75, 3.05) is 0 Å². The van der Waals surface area contributed by atoms with E-state index in [4.69, 9.17) is 4.98 Å². The van der Waals surface area contributed by atoms with Crippen molar-refractivity contribution in [1.82, 2.24) is 38.9 Å².